The Morgan fingerprint density at radius 3 is 2.67 bits per heavy atom. The van der Waals surface area contributed by atoms with E-state index in [1.807, 2.05) is 17.5 Å². The minimum atomic E-state index is -0.384. The molecule has 27 heavy (non-hydrogen) atoms. The van der Waals surface area contributed by atoms with Crippen molar-refractivity contribution in [1.29, 1.82) is 0 Å². The van der Waals surface area contributed by atoms with E-state index in [4.69, 9.17) is 4.74 Å². The highest BCUT2D eigenvalue weighted by molar-refractivity contribution is 7.12. The average molecular weight is 386 g/mol. The van der Waals surface area contributed by atoms with Crippen LogP contribution in [-0.4, -0.2) is 42.4 Å². The third-order valence-electron chi connectivity index (χ3n) is 4.47. The number of hydrogen-bond donors (Lipinski definition) is 1. The summed E-state index contributed by atoms with van der Waals surface area (Å²) in [6.07, 6.45) is 1.55. The summed E-state index contributed by atoms with van der Waals surface area (Å²) in [5.41, 5.74) is 1.06. The molecule has 0 spiro atoms. The first-order chi connectivity index (χ1) is 13.1. The number of anilines is 1. The minimum absolute atomic E-state index is 0.0127. The van der Waals surface area contributed by atoms with E-state index >= 15 is 0 Å². The van der Waals surface area contributed by atoms with E-state index in [0.29, 0.717) is 35.8 Å². The van der Waals surface area contributed by atoms with Crippen molar-refractivity contribution < 1.29 is 19.1 Å². The predicted octanol–water partition coefficient (Wildman–Crippen LogP) is 3.42. The van der Waals surface area contributed by atoms with Gasteiger partial charge in [0.05, 0.1) is 23.0 Å². The van der Waals surface area contributed by atoms with Crippen LogP contribution in [0.5, 0.6) is 0 Å². The summed E-state index contributed by atoms with van der Waals surface area (Å²) in [4.78, 5) is 39.2. The molecule has 0 aliphatic carbocycles. The smallest absolute Gasteiger partial charge is 0.338 e. The number of carbonyl (C=O) groups excluding carboxylic acids is 3. The van der Waals surface area contributed by atoms with Crippen LogP contribution in [0, 0.1) is 5.92 Å². The lowest BCUT2D eigenvalue weighted by Gasteiger charge is -2.31. The molecule has 1 fully saturated rings. The van der Waals surface area contributed by atoms with Crippen molar-refractivity contribution in [3.63, 3.8) is 0 Å². The second kappa shape index (κ2) is 8.81. The van der Waals surface area contributed by atoms with Crippen LogP contribution in [-0.2, 0) is 9.53 Å². The van der Waals surface area contributed by atoms with Gasteiger partial charge in [-0.25, -0.2) is 4.79 Å². The van der Waals surface area contributed by atoms with Crippen LogP contribution in [0.3, 0.4) is 0 Å². The van der Waals surface area contributed by atoms with Crippen LogP contribution in [0.15, 0.2) is 41.8 Å². The lowest BCUT2D eigenvalue weighted by atomic mass is 9.96. The third-order valence-corrected chi connectivity index (χ3v) is 5.33. The molecule has 2 amide bonds. The molecule has 1 aromatic carbocycles. The van der Waals surface area contributed by atoms with Crippen molar-refractivity contribution in [1.82, 2.24) is 4.90 Å². The Balaban J connectivity index is 1.59. The van der Waals surface area contributed by atoms with Gasteiger partial charge in [0.15, 0.2) is 0 Å². The lowest BCUT2D eigenvalue weighted by Crippen LogP contribution is -2.43. The monoisotopic (exact) mass is 386 g/mol. The van der Waals surface area contributed by atoms with Gasteiger partial charge in [0.25, 0.3) is 5.91 Å². The zero-order chi connectivity index (χ0) is 19.2. The summed E-state index contributed by atoms with van der Waals surface area (Å²) in [5, 5.41) is 4.75. The predicted molar refractivity (Wildman–Crippen MR) is 104 cm³/mol. The van der Waals surface area contributed by atoms with Crippen molar-refractivity contribution in [2.24, 2.45) is 5.92 Å². The molecule has 6 nitrogen and oxygen atoms in total. The summed E-state index contributed by atoms with van der Waals surface area (Å²) < 4.78 is 4.95. The van der Waals surface area contributed by atoms with E-state index in [2.05, 4.69) is 5.32 Å². The standard InChI is InChI=1S/C20H22N2O4S/c1-2-26-20(25)14-7-9-16(10-8-14)21-18(23)15-5-3-11-22(13-15)19(24)17-6-4-12-27-17/h4,6-10,12,15H,2-3,5,11,13H2,1H3,(H,21,23). The fourth-order valence-electron chi connectivity index (χ4n) is 3.08. The van der Waals surface area contributed by atoms with Gasteiger partial charge in [-0.2, -0.15) is 0 Å². The second-order valence-corrected chi connectivity index (χ2v) is 7.30. The molecule has 0 radical (unpaired) electrons. The maximum atomic E-state index is 12.6. The van der Waals surface area contributed by atoms with Gasteiger partial charge in [0.1, 0.15) is 0 Å². The molecule has 2 aromatic rings. The summed E-state index contributed by atoms with van der Waals surface area (Å²) >= 11 is 1.41. The molecule has 1 unspecified atom stereocenters. The van der Waals surface area contributed by atoms with E-state index in [-0.39, 0.29) is 23.7 Å². The maximum Gasteiger partial charge on any atom is 0.338 e. The number of nitrogens with one attached hydrogen (secondary N) is 1. The normalized spacial score (nSPS) is 16.6. The molecule has 1 aliphatic rings. The molecule has 0 bridgehead atoms. The molecule has 142 valence electrons. The maximum absolute atomic E-state index is 12.6. The highest BCUT2D eigenvalue weighted by Crippen LogP contribution is 2.22. The number of esters is 1. The molecule has 1 atom stereocenters. The molecule has 7 heteroatoms. The summed E-state index contributed by atoms with van der Waals surface area (Å²) in [6, 6.07) is 10.3. The van der Waals surface area contributed by atoms with Crippen LogP contribution in [0.4, 0.5) is 5.69 Å². The Kier molecular flexibility index (Phi) is 6.24. The van der Waals surface area contributed by atoms with Crippen molar-refractivity contribution in [2.75, 3.05) is 25.0 Å². The van der Waals surface area contributed by atoms with Crippen molar-refractivity contribution in [3.8, 4) is 0 Å². The zero-order valence-electron chi connectivity index (χ0n) is 15.1. The summed E-state index contributed by atoms with van der Waals surface area (Å²) in [7, 11) is 0. The highest BCUT2D eigenvalue weighted by Gasteiger charge is 2.29. The molecule has 0 saturated carbocycles. The largest absolute Gasteiger partial charge is 0.462 e. The quantitative estimate of drug-likeness (QED) is 0.799. The van der Waals surface area contributed by atoms with E-state index in [1.54, 1.807) is 36.1 Å². The van der Waals surface area contributed by atoms with Crippen LogP contribution in [0.25, 0.3) is 0 Å². The number of ether oxygens (including phenoxy) is 1. The van der Waals surface area contributed by atoms with Gasteiger partial charge in [-0.3, -0.25) is 9.59 Å². The number of nitrogens with zero attached hydrogens (tertiary/aromatic N) is 1. The number of carbonyl (C=O) groups is 3. The molecule has 2 heterocycles. The van der Waals surface area contributed by atoms with Crippen LogP contribution in [0.1, 0.15) is 39.8 Å². The number of piperidine rings is 1. The first-order valence-electron chi connectivity index (χ1n) is 8.99. The third kappa shape index (κ3) is 4.74. The van der Waals surface area contributed by atoms with Gasteiger partial charge in [-0.1, -0.05) is 6.07 Å². The van der Waals surface area contributed by atoms with Crippen LogP contribution in [0.2, 0.25) is 0 Å². The molecule has 3 rings (SSSR count). The van der Waals surface area contributed by atoms with E-state index < -0.39 is 0 Å². The van der Waals surface area contributed by atoms with E-state index in [1.165, 1.54) is 11.3 Å². The van der Waals surface area contributed by atoms with Gasteiger partial charge < -0.3 is 15.0 Å². The zero-order valence-corrected chi connectivity index (χ0v) is 16.0. The van der Waals surface area contributed by atoms with Crippen molar-refractivity contribution in [3.05, 3.63) is 52.2 Å². The number of benzene rings is 1. The summed E-state index contributed by atoms with van der Waals surface area (Å²) in [5.74, 6) is -0.748. The number of thiophene rings is 1. The number of amides is 2. The van der Waals surface area contributed by atoms with Gasteiger partial charge in [0.2, 0.25) is 5.91 Å². The topological polar surface area (TPSA) is 75.7 Å². The SMILES string of the molecule is CCOC(=O)c1ccc(NC(=O)C2CCCN(C(=O)c3cccs3)C2)cc1. The Morgan fingerprint density at radius 1 is 1.22 bits per heavy atom. The Bertz CT molecular complexity index is 802. The number of likely N-dealkylation sites (tertiary alicyclic amines) is 1. The number of hydrogen-bond acceptors (Lipinski definition) is 5. The average Bonchev–Trinajstić information content (AvgIpc) is 3.23. The molecular weight excluding hydrogens is 364 g/mol. The molecule has 1 aromatic heterocycles. The fraction of sp³-hybridized carbons (Fsp3) is 0.350. The molecular formula is C20H22N2O4S. The Hall–Kier alpha value is -2.67. The molecule has 1 N–H and O–H groups in total. The number of rotatable bonds is 5. The van der Waals surface area contributed by atoms with Gasteiger partial charge in [-0.15, -0.1) is 11.3 Å². The van der Waals surface area contributed by atoms with Crippen molar-refractivity contribution >= 4 is 34.8 Å². The fourth-order valence-corrected chi connectivity index (χ4v) is 3.77. The first-order valence-corrected chi connectivity index (χ1v) is 9.87. The Morgan fingerprint density at radius 2 is 2.00 bits per heavy atom. The first kappa shape index (κ1) is 19.1. The van der Waals surface area contributed by atoms with Gasteiger partial charge in [-0.05, 0) is 55.5 Å². The highest BCUT2D eigenvalue weighted by atomic mass is 32.1. The molecule has 1 aliphatic heterocycles. The summed E-state index contributed by atoms with van der Waals surface area (Å²) in [6.45, 7) is 3.17. The van der Waals surface area contributed by atoms with Crippen molar-refractivity contribution in [2.45, 2.75) is 19.8 Å². The Labute approximate surface area is 162 Å². The molecule has 1 saturated heterocycles. The van der Waals surface area contributed by atoms with Gasteiger partial charge in [0, 0.05) is 18.8 Å². The lowest BCUT2D eigenvalue weighted by molar-refractivity contribution is -0.121. The van der Waals surface area contributed by atoms with E-state index in [0.717, 1.165) is 12.8 Å². The minimum Gasteiger partial charge on any atom is -0.462 e. The second-order valence-electron chi connectivity index (χ2n) is 6.35. The van der Waals surface area contributed by atoms with Crippen LogP contribution < -0.4 is 5.32 Å². The van der Waals surface area contributed by atoms with E-state index in [9.17, 15) is 14.4 Å². The van der Waals surface area contributed by atoms with Crippen LogP contribution >= 0.6 is 11.3 Å². The van der Waals surface area contributed by atoms with Gasteiger partial charge >= 0.3 is 5.97 Å².